The maximum Gasteiger partial charge on any atom is 0.260 e. The summed E-state index contributed by atoms with van der Waals surface area (Å²) in [5, 5.41) is 10.8. The smallest absolute Gasteiger partial charge is 0.260 e. The standard InChI is InChI=1S/C19H19N3O3/c1-25-14-6-4-5-12(9-14)17-10-13(23)11-22(17)19-20-16-8-3-2-7-15(16)18(24)21-19/h2-9,13,17,23H,10-11H2,1H3,(H,20,21,24). The van der Waals surface area contributed by atoms with E-state index in [1.807, 2.05) is 47.4 Å². The molecule has 4 rings (SSSR count). The van der Waals surface area contributed by atoms with Gasteiger partial charge in [0, 0.05) is 6.54 Å². The molecule has 2 atom stereocenters. The lowest BCUT2D eigenvalue weighted by molar-refractivity contribution is 0.194. The molecule has 2 N–H and O–H groups in total. The van der Waals surface area contributed by atoms with Crippen molar-refractivity contribution in [3.05, 3.63) is 64.4 Å². The van der Waals surface area contributed by atoms with Crippen molar-refractivity contribution >= 4 is 16.9 Å². The molecule has 2 aromatic carbocycles. The molecule has 1 aromatic heterocycles. The first kappa shape index (κ1) is 15.7. The Balaban J connectivity index is 1.78. The highest BCUT2D eigenvalue weighted by molar-refractivity contribution is 5.78. The van der Waals surface area contributed by atoms with Crippen LogP contribution in [0.3, 0.4) is 0 Å². The van der Waals surface area contributed by atoms with Gasteiger partial charge in [-0.15, -0.1) is 0 Å². The van der Waals surface area contributed by atoms with Crippen molar-refractivity contribution in [1.29, 1.82) is 0 Å². The summed E-state index contributed by atoms with van der Waals surface area (Å²) in [5.41, 5.74) is 1.49. The Labute approximate surface area is 144 Å². The Kier molecular flexibility index (Phi) is 3.89. The molecule has 6 nitrogen and oxygen atoms in total. The highest BCUT2D eigenvalue weighted by atomic mass is 16.5. The number of methoxy groups -OCH3 is 1. The fourth-order valence-electron chi connectivity index (χ4n) is 3.42. The lowest BCUT2D eigenvalue weighted by atomic mass is 10.0. The van der Waals surface area contributed by atoms with E-state index in [0.29, 0.717) is 29.8 Å². The predicted octanol–water partition coefficient (Wildman–Crippen LogP) is 2.24. The van der Waals surface area contributed by atoms with Crippen molar-refractivity contribution in [3.63, 3.8) is 0 Å². The van der Waals surface area contributed by atoms with Crippen LogP contribution in [0.1, 0.15) is 18.0 Å². The van der Waals surface area contributed by atoms with Gasteiger partial charge in [0.15, 0.2) is 0 Å². The number of fused-ring (bicyclic) bond motifs is 1. The number of H-pyrrole nitrogens is 1. The molecule has 2 unspecified atom stereocenters. The average molecular weight is 337 g/mol. The van der Waals surface area contributed by atoms with Crippen LogP contribution < -0.4 is 15.2 Å². The summed E-state index contributed by atoms with van der Waals surface area (Å²) in [6.45, 7) is 0.420. The highest BCUT2D eigenvalue weighted by Crippen LogP contribution is 2.35. The zero-order valence-electron chi connectivity index (χ0n) is 13.8. The number of nitrogens with one attached hydrogen (secondary N) is 1. The van der Waals surface area contributed by atoms with Gasteiger partial charge in [0.1, 0.15) is 5.75 Å². The second-order valence-corrected chi connectivity index (χ2v) is 6.24. The number of aromatic amines is 1. The lowest BCUT2D eigenvalue weighted by Gasteiger charge is -2.25. The number of anilines is 1. The fourth-order valence-corrected chi connectivity index (χ4v) is 3.42. The van der Waals surface area contributed by atoms with E-state index in [1.165, 1.54) is 0 Å². The molecule has 0 spiro atoms. The molecule has 1 aliphatic heterocycles. The highest BCUT2D eigenvalue weighted by Gasteiger charge is 2.34. The van der Waals surface area contributed by atoms with Gasteiger partial charge in [-0.2, -0.15) is 0 Å². The van der Waals surface area contributed by atoms with Gasteiger partial charge in [-0.1, -0.05) is 24.3 Å². The molecule has 0 bridgehead atoms. The van der Waals surface area contributed by atoms with E-state index in [9.17, 15) is 9.90 Å². The van der Waals surface area contributed by atoms with E-state index in [-0.39, 0.29) is 11.6 Å². The molecule has 0 aliphatic carbocycles. The van der Waals surface area contributed by atoms with Crippen molar-refractivity contribution in [2.75, 3.05) is 18.6 Å². The molecule has 25 heavy (non-hydrogen) atoms. The van der Waals surface area contributed by atoms with Gasteiger partial charge in [0.05, 0.1) is 30.2 Å². The maximum atomic E-state index is 12.4. The summed E-state index contributed by atoms with van der Waals surface area (Å²) in [6.07, 6.45) is 0.0944. The predicted molar refractivity (Wildman–Crippen MR) is 96.1 cm³/mol. The first-order chi connectivity index (χ1) is 12.2. The van der Waals surface area contributed by atoms with Crippen LogP contribution in [0.15, 0.2) is 53.3 Å². The number of hydrogen-bond donors (Lipinski definition) is 2. The Morgan fingerprint density at radius 3 is 2.92 bits per heavy atom. The lowest BCUT2D eigenvalue weighted by Crippen LogP contribution is -2.28. The van der Waals surface area contributed by atoms with E-state index in [1.54, 1.807) is 13.2 Å². The minimum Gasteiger partial charge on any atom is -0.497 e. The van der Waals surface area contributed by atoms with Crippen LogP contribution in [0.2, 0.25) is 0 Å². The first-order valence-electron chi connectivity index (χ1n) is 8.23. The van der Waals surface area contributed by atoms with Crippen molar-refractivity contribution < 1.29 is 9.84 Å². The zero-order valence-corrected chi connectivity index (χ0v) is 13.8. The molecule has 0 amide bonds. The molecular weight excluding hydrogens is 318 g/mol. The van der Waals surface area contributed by atoms with E-state index >= 15 is 0 Å². The normalized spacial score (nSPS) is 20.2. The Morgan fingerprint density at radius 1 is 1.24 bits per heavy atom. The van der Waals surface area contributed by atoms with Gasteiger partial charge in [-0.3, -0.25) is 9.78 Å². The number of para-hydroxylation sites is 1. The summed E-state index contributed by atoms with van der Waals surface area (Å²) >= 11 is 0. The fraction of sp³-hybridized carbons (Fsp3) is 0.263. The zero-order chi connectivity index (χ0) is 17.4. The number of aromatic nitrogens is 2. The third-order valence-corrected chi connectivity index (χ3v) is 4.63. The summed E-state index contributed by atoms with van der Waals surface area (Å²) < 4.78 is 5.30. The van der Waals surface area contributed by atoms with Gasteiger partial charge >= 0.3 is 0 Å². The third-order valence-electron chi connectivity index (χ3n) is 4.63. The number of ether oxygens (including phenoxy) is 1. The Hall–Kier alpha value is -2.86. The number of aliphatic hydroxyl groups excluding tert-OH is 1. The molecule has 6 heteroatoms. The van der Waals surface area contributed by atoms with Gasteiger partial charge in [0.25, 0.3) is 5.56 Å². The van der Waals surface area contributed by atoms with Crippen LogP contribution >= 0.6 is 0 Å². The number of β-amino-alcohol motifs (C(OH)–C–C–N with tert-alkyl or cyclic N) is 1. The third kappa shape index (κ3) is 2.85. The van der Waals surface area contributed by atoms with Crippen molar-refractivity contribution in [3.8, 4) is 5.75 Å². The Morgan fingerprint density at radius 2 is 2.08 bits per heavy atom. The van der Waals surface area contributed by atoms with Crippen LogP contribution in [0.4, 0.5) is 5.95 Å². The van der Waals surface area contributed by atoms with Crippen LogP contribution in [0.25, 0.3) is 10.9 Å². The van der Waals surface area contributed by atoms with Gasteiger partial charge in [-0.05, 0) is 36.2 Å². The quantitative estimate of drug-likeness (QED) is 0.766. The number of hydrogen-bond acceptors (Lipinski definition) is 5. The van der Waals surface area contributed by atoms with Crippen LogP contribution in [0.5, 0.6) is 5.75 Å². The second-order valence-electron chi connectivity index (χ2n) is 6.24. The summed E-state index contributed by atoms with van der Waals surface area (Å²) in [4.78, 5) is 21.8. The molecule has 0 radical (unpaired) electrons. The molecule has 0 saturated carbocycles. The van der Waals surface area contributed by atoms with Gasteiger partial charge in [-0.25, -0.2) is 4.98 Å². The number of nitrogens with zero attached hydrogens (tertiary/aromatic N) is 2. The molecule has 1 fully saturated rings. The van der Waals surface area contributed by atoms with Crippen LogP contribution in [-0.4, -0.2) is 34.8 Å². The maximum absolute atomic E-state index is 12.4. The topological polar surface area (TPSA) is 78.5 Å². The van der Waals surface area contributed by atoms with Gasteiger partial charge < -0.3 is 14.7 Å². The molecular formula is C19H19N3O3. The largest absolute Gasteiger partial charge is 0.497 e. The van der Waals surface area contributed by atoms with Gasteiger partial charge in [0.2, 0.25) is 5.95 Å². The van der Waals surface area contributed by atoms with Crippen molar-refractivity contribution in [1.82, 2.24) is 9.97 Å². The minimum atomic E-state index is -0.479. The van der Waals surface area contributed by atoms with E-state index in [0.717, 1.165) is 11.3 Å². The van der Waals surface area contributed by atoms with Crippen molar-refractivity contribution in [2.24, 2.45) is 0 Å². The van der Waals surface area contributed by atoms with Crippen LogP contribution in [-0.2, 0) is 0 Å². The summed E-state index contributed by atoms with van der Waals surface area (Å²) in [6, 6.07) is 14.9. The van der Waals surface area contributed by atoms with Crippen LogP contribution in [0, 0.1) is 0 Å². The first-order valence-corrected chi connectivity index (χ1v) is 8.23. The summed E-state index contributed by atoms with van der Waals surface area (Å²) in [5.74, 6) is 1.24. The van der Waals surface area contributed by atoms with E-state index in [4.69, 9.17) is 4.74 Å². The Bertz CT molecular complexity index is 969. The molecule has 1 saturated heterocycles. The minimum absolute atomic E-state index is 0.0746. The number of rotatable bonds is 3. The SMILES string of the molecule is COc1cccc(C2CC(O)CN2c2nc3ccccc3c(=O)[nH]2)c1. The molecule has 3 aromatic rings. The molecule has 1 aliphatic rings. The number of aliphatic hydroxyl groups is 1. The van der Waals surface area contributed by atoms with E-state index < -0.39 is 6.10 Å². The molecule has 2 heterocycles. The monoisotopic (exact) mass is 337 g/mol. The van der Waals surface area contributed by atoms with Crippen molar-refractivity contribution in [2.45, 2.75) is 18.6 Å². The molecule has 128 valence electrons. The second kappa shape index (κ2) is 6.22. The summed E-state index contributed by atoms with van der Waals surface area (Å²) in [7, 11) is 1.63. The van der Waals surface area contributed by atoms with E-state index in [2.05, 4.69) is 9.97 Å². The average Bonchev–Trinajstić information content (AvgIpc) is 3.03. The number of benzene rings is 2.